The monoisotopic (exact) mass is 875 g/mol. The Kier molecular flexibility index (Phi) is 9.91. The lowest BCUT2D eigenvalue weighted by Gasteiger charge is -2.28. The molecule has 69 heavy (non-hydrogen) atoms. The van der Waals surface area contributed by atoms with Gasteiger partial charge in [-0.05, 0) is 147 Å². The first-order chi connectivity index (χ1) is 34.2. The van der Waals surface area contributed by atoms with Gasteiger partial charge < -0.3 is 4.90 Å². The van der Waals surface area contributed by atoms with Crippen molar-refractivity contribution >= 4 is 70.9 Å². The predicted molar refractivity (Wildman–Crippen MR) is 296 cm³/mol. The van der Waals surface area contributed by atoms with E-state index in [-0.39, 0.29) is 0 Å². The summed E-state index contributed by atoms with van der Waals surface area (Å²) in [6, 6.07) is 100. The Morgan fingerprint density at radius 2 is 0.667 bits per heavy atom. The summed E-state index contributed by atoms with van der Waals surface area (Å²) in [5.74, 6) is 0. The van der Waals surface area contributed by atoms with Gasteiger partial charge in [0.25, 0.3) is 0 Å². The number of fused-ring (bicyclic) bond motifs is 7. The lowest BCUT2D eigenvalue weighted by Crippen LogP contribution is -2.10. The van der Waals surface area contributed by atoms with Crippen LogP contribution in [0.4, 0.5) is 17.1 Å². The Labute approximate surface area is 402 Å². The topological polar surface area (TPSA) is 3.24 Å². The number of benzene rings is 13. The van der Waals surface area contributed by atoms with E-state index in [0.29, 0.717) is 0 Å². The van der Waals surface area contributed by atoms with Gasteiger partial charge in [-0.25, -0.2) is 0 Å². The van der Waals surface area contributed by atoms with Crippen LogP contribution in [0.3, 0.4) is 0 Å². The summed E-state index contributed by atoms with van der Waals surface area (Å²) in [5, 5.41) is 12.4. The standard InChI is InChI=1S/C68H45N/c1-4-19-46(20-5-1)56-41-42-66(62-33-16-14-30-58(56)62)69(53-38-35-47(36-39-53)64-45-52-25-10-11-28-55(52)57-29-12-13-32-60(57)64)54-27-18-26-50(43-54)51-37-40-61-59-31-15-17-34-63(59)67(48-21-6-2-7-22-48)68(65(61)44-51)49-23-8-3-9-24-49/h1-45H. The van der Waals surface area contributed by atoms with Crippen molar-refractivity contribution in [1.82, 2.24) is 0 Å². The normalized spacial score (nSPS) is 11.5. The molecule has 322 valence electrons. The van der Waals surface area contributed by atoms with Gasteiger partial charge in [0, 0.05) is 16.8 Å². The first-order valence-corrected chi connectivity index (χ1v) is 23.8. The quantitative estimate of drug-likeness (QED) is 0.138. The van der Waals surface area contributed by atoms with E-state index in [4.69, 9.17) is 0 Å². The van der Waals surface area contributed by atoms with Crippen LogP contribution in [0, 0.1) is 0 Å². The van der Waals surface area contributed by atoms with Crippen LogP contribution < -0.4 is 4.90 Å². The van der Waals surface area contributed by atoms with Crippen molar-refractivity contribution < 1.29 is 0 Å². The summed E-state index contributed by atoms with van der Waals surface area (Å²) in [7, 11) is 0. The molecule has 0 saturated heterocycles. The van der Waals surface area contributed by atoms with Crippen LogP contribution >= 0.6 is 0 Å². The molecule has 0 aliphatic carbocycles. The van der Waals surface area contributed by atoms with Crippen molar-refractivity contribution in [3.63, 3.8) is 0 Å². The van der Waals surface area contributed by atoms with Gasteiger partial charge in [-0.2, -0.15) is 0 Å². The van der Waals surface area contributed by atoms with Gasteiger partial charge in [-0.1, -0.05) is 231 Å². The fraction of sp³-hybridized carbons (Fsp3) is 0. The summed E-state index contributed by atoms with van der Waals surface area (Å²) in [4.78, 5) is 2.44. The molecule has 1 nitrogen and oxygen atoms in total. The Balaban J connectivity index is 1.01. The van der Waals surface area contributed by atoms with Crippen LogP contribution in [-0.4, -0.2) is 0 Å². The van der Waals surface area contributed by atoms with E-state index in [1.807, 2.05) is 0 Å². The minimum atomic E-state index is 1.08. The minimum Gasteiger partial charge on any atom is -0.310 e. The largest absolute Gasteiger partial charge is 0.310 e. The third-order valence-electron chi connectivity index (χ3n) is 14.0. The Morgan fingerprint density at radius 1 is 0.203 bits per heavy atom. The maximum atomic E-state index is 2.44. The first-order valence-electron chi connectivity index (χ1n) is 23.8. The van der Waals surface area contributed by atoms with Crippen molar-refractivity contribution in [3.8, 4) is 55.6 Å². The van der Waals surface area contributed by atoms with Crippen molar-refractivity contribution in [2.45, 2.75) is 0 Å². The van der Waals surface area contributed by atoms with Crippen molar-refractivity contribution in [2.75, 3.05) is 4.90 Å². The molecule has 0 N–H and O–H groups in total. The second-order valence-corrected chi connectivity index (χ2v) is 18.0. The lowest BCUT2D eigenvalue weighted by molar-refractivity contribution is 1.30. The summed E-state index contributed by atoms with van der Waals surface area (Å²) >= 11 is 0. The Hall–Kier alpha value is -9.04. The smallest absolute Gasteiger partial charge is 0.0540 e. The molecule has 0 heterocycles. The number of hydrogen-bond acceptors (Lipinski definition) is 1. The summed E-state index contributed by atoms with van der Waals surface area (Å²) < 4.78 is 0. The molecule has 0 bridgehead atoms. The third-order valence-corrected chi connectivity index (χ3v) is 14.0. The summed E-state index contributed by atoms with van der Waals surface area (Å²) in [6.07, 6.45) is 0. The number of rotatable bonds is 8. The molecular weight excluding hydrogens is 831 g/mol. The van der Waals surface area contributed by atoms with Crippen LogP contribution in [0.25, 0.3) is 109 Å². The van der Waals surface area contributed by atoms with E-state index >= 15 is 0 Å². The van der Waals surface area contributed by atoms with Gasteiger partial charge >= 0.3 is 0 Å². The number of anilines is 3. The van der Waals surface area contributed by atoms with Gasteiger partial charge in [0.15, 0.2) is 0 Å². The molecule has 0 aliphatic rings. The summed E-state index contributed by atoms with van der Waals surface area (Å²) in [6.45, 7) is 0. The van der Waals surface area contributed by atoms with E-state index in [0.717, 1.165) is 22.6 Å². The highest BCUT2D eigenvalue weighted by Gasteiger charge is 2.21. The van der Waals surface area contributed by atoms with Gasteiger partial charge in [0.05, 0.1) is 5.69 Å². The molecule has 0 radical (unpaired) electrons. The lowest BCUT2D eigenvalue weighted by atomic mass is 9.84. The molecule has 0 saturated carbocycles. The second kappa shape index (κ2) is 17.0. The van der Waals surface area contributed by atoms with Crippen molar-refractivity contribution in [2.24, 2.45) is 0 Å². The molecule has 0 unspecified atom stereocenters. The van der Waals surface area contributed by atoms with E-state index in [2.05, 4.69) is 278 Å². The average Bonchev–Trinajstić information content (AvgIpc) is 3.43. The Bertz CT molecular complexity index is 4040. The molecule has 0 aliphatic heterocycles. The van der Waals surface area contributed by atoms with Crippen LogP contribution in [0.1, 0.15) is 0 Å². The number of hydrogen-bond donors (Lipinski definition) is 0. The SMILES string of the molecule is c1ccc(-c2ccc(N(c3ccc(-c4cc5ccccc5c5ccccc45)cc3)c3cccc(-c4ccc5c(c4)c(-c4ccccc4)c(-c4ccccc4)c4ccccc45)c3)c3ccccc23)cc1. The predicted octanol–water partition coefficient (Wildman–Crippen LogP) is 19.3. The van der Waals surface area contributed by atoms with Crippen LogP contribution in [0.15, 0.2) is 273 Å². The van der Waals surface area contributed by atoms with Gasteiger partial charge in [0.2, 0.25) is 0 Å². The van der Waals surface area contributed by atoms with Crippen LogP contribution in [0.2, 0.25) is 0 Å². The maximum absolute atomic E-state index is 2.44. The highest BCUT2D eigenvalue weighted by molar-refractivity contribution is 6.22. The average molecular weight is 876 g/mol. The molecule has 13 aromatic carbocycles. The molecule has 0 fully saturated rings. The number of nitrogens with zero attached hydrogens (tertiary/aromatic N) is 1. The molecule has 13 rings (SSSR count). The molecule has 0 atom stereocenters. The summed E-state index contributed by atoms with van der Waals surface area (Å²) in [5.41, 5.74) is 15.4. The molecular formula is C68H45N. The fourth-order valence-corrected chi connectivity index (χ4v) is 10.9. The van der Waals surface area contributed by atoms with Crippen LogP contribution in [0.5, 0.6) is 0 Å². The zero-order valence-electron chi connectivity index (χ0n) is 37.9. The van der Waals surface area contributed by atoms with E-state index in [9.17, 15) is 0 Å². The zero-order valence-corrected chi connectivity index (χ0v) is 37.9. The highest BCUT2D eigenvalue weighted by Crippen LogP contribution is 2.47. The van der Waals surface area contributed by atoms with Crippen molar-refractivity contribution in [3.05, 3.63) is 273 Å². The van der Waals surface area contributed by atoms with E-state index in [1.165, 1.54) is 104 Å². The first kappa shape index (κ1) is 40.3. The van der Waals surface area contributed by atoms with E-state index in [1.54, 1.807) is 0 Å². The molecule has 0 aromatic heterocycles. The van der Waals surface area contributed by atoms with Gasteiger partial charge in [0.1, 0.15) is 0 Å². The molecule has 0 spiro atoms. The van der Waals surface area contributed by atoms with Gasteiger partial charge in [-0.15, -0.1) is 0 Å². The highest BCUT2D eigenvalue weighted by atomic mass is 15.1. The molecule has 13 aromatic rings. The second-order valence-electron chi connectivity index (χ2n) is 18.0. The van der Waals surface area contributed by atoms with Crippen molar-refractivity contribution in [1.29, 1.82) is 0 Å². The van der Waals surface area contributed by atoms with E-state index < -0.39 is 0 Å². The zero-order chi connectivity index (χ0) is 45.7. The van der Waals surface area contributed by atoms with Crippen LogP contribution in [-0.2, 0) is 0 Å². The minimum absolute atomic E-state index is 1.08. The Morgan fingerprint density at radius 3 is 1.35 bits per heavy atom. The molecule has 0 amide bonds. The molecule has 1 heteroatoms. The fourth-order valence-electron chi connectivity index (χ4n) is 10.9. The van der Waals surface area contributed by atoms with Gasteiger partial charge in [-0.3, -0.25) is 0 Å². The third kappa shape index (κ3) is 7.03. The maximum Gasteiger partial charge on any atom is 0.0540 e.